The van der Waals surface area contributed by atoms with Crippen molar-refractivity contribution >= 4 is 23.1 Å². The molecule has 0 rings (SSSR count). The molecule has 0 radical (unpaired) electrons. The van der Waals surface area contributed by atoms with Crippen LogP contribution in [0, 0.1) is 5.92 Å². The molecule has 0 heterocycles. The maximum Gasteiger partial charge on any atom is 2.00 e. The summed E-state index contributed by atoms with van der Waals surface area (Å²) in [6, 6.07) is 0. The molecule has 0 saturated heterocycles. The Balaban J connectivity index is -0.0000000150. The van der Waals surface area contributed by atoms with Gasteiger partial charge in [-0.15, -0.1) is 0 Å². The summed E-state index contributed by atoms with van der Waals surface area (Å²) in [4.78, 5) is 0. The third-order valence-electron chi connectivity index (χ3n) is 0. The van der Waals surface area contributed by atoms with Gasteiger partial charge < -0.3 is 48.0 Å². The number of halogens is 2. The Hall–Kier alpha value is 2.23. The van der Waals surface area contributed by atoms with Gasteiger partial charge in [-0.25, -0.2) is 0 Å². The van der Waals surface area contributed by atoms with E-state index in [9.17, 15) is 0 Å². The Labute approximate surface area is 96.4 Å². The zero-order valence-corrected chi connectivity index (χ0v) is 10.8. The average molecular weight is 336 g/mol. The summed E-state index contributed by atoms with van der Waals surface area (Å²) in [5.41, 5.74) is 0. The summed E-state index contributed by atoms with van der Waals surface area (Å²) in [5, 5.41) is 0. The van der Waals surface area contributed by atoms with Crippen molar-refractivity contribution < 1.29 is 48.0 Å². The van der Waals surface area contributed by atoms with Crippen LogP contribution in [-0.2, 0) is 0 Å². The zero-order valence-electron chi connectivity index (χ0n) is 5.04. The Kier molecular flexibility index (Phi) is 51.4. The SMILES string of the molecule is CC(C)C.[I-].[I-].[Mg+2]. The molecular weight excluding hydrogens is 326 g/mol. The Morgan fingerprint density at radius 1 is 0.857 bits per heavy atom. The van der Waals surface area contributed by atoms with Gasteiger partial charge in [0.1, 0.15) is 0 Å². The van der Waals surface area contributed by atoms with Gasteiger partial charge in [0, 0.05) is 0 Å². The van der Waals surface area contributed by atoms with Gasteiger partial charge in [0.05, 0.1) is 0 Å². The first-order valence-corrected chi connectivity index (χ1v) is 1.73. The second-order valence-electron chi connectivity index (χ2n) is 1.73. The minimum Gasteiger partial charge on any atom is -1.00 e. The molecule has 0 aromatic heterocycles. The quantitative estimate of drug-likeness (QED) is 0.308. The van der Waals surface area contributed by atoms with Crippen molar-refractivity contribution in [1.82, 2.24) is 0 Å². The molecule has 0 aliphatic rings. The van der Waals surface area contributed by atoms with Gasteiger partial charge in [-0.3, -0.25) is 0 Å². The van der Waals surface area contributed by atoms with Gasteiger partial charge in [-0.2, -0.15) is 0 Å². The Morgan fingerprint density at radius 2 is 0.857 bits per heavy atom. The predicted molar refractivity (Wildman–Crippen MR) is 26.3 cm³/mol. The third-order valence-corrected chi connectivity index (χ3v) is 0. The molecular formula is C4H10I2Mg. The van der Waals surface area contributed by atoms with Gasteiger partial charge in [-0.1, -0.05) is 20.8 Å². The summed E-state index contributed by atoms with van der Waals surface area (Å²) in [5.74, 6) is 0.833. The molecule has 0 atom stereocenters. The maximum atomic E-state index is 2.17. The molecule has 0 nitrogen and oxygen atoms in total. The van der Waals surface area contributed by atoms with E-state index < -0.39 is 0 Å². The van der Waals surface area contributed by atoms with Gasteiger partial charge >= 0.3 is 23.1 Å². The fraction of sp³-hybridized carbons (Fsp3) is 1.00. The first kappa shape index (κ1) is 22.9. The van der Waals surface area contributed by atoms with E-state index in [1.54, 1.807) is 0 Å². The smallest absolute Gasteiger partial charge is 1.00 e. The molecule has 0 aliphatic carbocycles. The van der Waals surface area contributed by atoms with Crippen LogP contribution in [0.2, 0.25) is 0 Å². The first-order valence-electron chi connectivity index (χ1n) is 1.73. The van der Waals surface area contributed by atoms with Crippen molar-refractivity contribution in [2.75, 3.05) is 0 Å². The fourth-order valence-electron chi connectivity index (χ4n) is 0. The van der Waals surface area contributed by atoms with E-state index >= 15 is 0 Å². The third kappa shape index (κ3) is 64.3. The van der Waals surface area contributed by atoms with Crippen molar-refractivity contribution in [3.05, 3.63) is 0 Å². The monoisotopic (exact) mass is 336 g/mol. The Bertz CT molecular complexity index is 14.4. The predicted octanol–water partition coefficient (Wildman–Crippen LogP) is -4.71. The molecule has 0 amide bonds. The van der Waals surface area contributed by atoms with Crippen molar-refractivity contribution in [1.29, 1.82) is 0 Å². The summed E-state index contributed by atoms with van der Waals surface area (Å²) < 4.78 is 0. The van der Waals surface area contributed by atoms with E-state index in [2.05, 4.69) is 20.8 Å². The molecule has 0 spiro atoms. The van der Waals surface area contributed by atoms with Crippen LogP contribution in [0.4, 0.5) is 0 Å². The van der Waals surface area contributed by atoms with E-state index in [1.807, 2.05) is 0 Å². The molecule has 0 N–H and O–H groups in total. The van der Waals surface area contributed by atoms with Gasteiger partial charge in [0.25, 0.3) is 0 Å². The molecule has 3 heteroatoms. The van der Waals surface area contributed by atoms with Crippen LogP contribution in [-0.4, -0.2) is 23.1 Å². The molecule has 0 bridgehead atoms. The average Bonchev–Trinajstić information content (AvgIpc) is 0.811. The van der Waals surface area contributed by atoms with Crippen molar-refractivity contribution in [2.24, 2.45) is 5.92 Å². The molecule has 0 unspecified atom stereocenters. The summed E-state index contributed by atoms with van der Waals surface area (Å²) in [6.07, 6.45) is 0. The van der Waals surface area contributed by atoms with E-state index in [0.717, 1.165) is 5.92 Å². The summed E-state index contributed by atoms with van der Waals surface area (Å²) in [7, 11) is 0. The zero-order chi connectivity index (χ0) is 3.58. The second-order valence-corrected chi connectivity index (χ2v) is 1.73. The number of hydrogen-bond acceptors (Lipinski definition) is 0. The molecule has 7 heavy (non-hydrogen) atoms. The maximum absolute atomic E-state index is 2.17. The van der Waals surface area contributed by atoms with Crippen molar-refractivity contribution in [3.8, 4) is 0 Å². The Morgan fingerprint density at radius 3 is 0.857 bits per heavy atom. The molecule has 0 aromatic rings. The minimum absolute atomic E-state index is 0. The number of rotatable bonds is 0. The van der Waals surface area contributed by atoms with Crippen LogP contribution in [0.1, 0.15) is 20.8 Å². The number of hydrogen-bond donors (Lipinski definition) is 0. The normalized spacial score (nSPS) is 5.14. The van der Waals surface area contributed by atoms with Crippen LogP contribution in [0.3, 0.4) is 0 Å². The first-order chi connectivity index (χ1) is 1.73. The van der Waals surface area contributed by atoms with Gasteiger partial charge in [0.2, 0.25) is 0 Å². The topological polar surface area (TPSA) is 0 Å². The molecule has 0 aromatic carbocycles. The molecule has 0 fully saturated rings. The standard InChI is InChI=1S/C4H10.2HI.Mg/c1-4(2)3;;;/h4H,1-3H3;2*1H;/q;;;+2/p-2. The van der Waals surface area contributed by atoms with E-state index in [4.69, 9.17) is 0 Å². The molecule has 42 valence electrons. The van der Waals surface area contributed by atoms with E-state index in [0.29, 0.717) is 0 Å². The van der Waals surface area contributed by atoms with Crippen LogP contribution in [0.25, 0.3) is 0 Å². The molecule has 0 aliphatic heterocycles. The minimum atomic E-state index is 0. The van der Waals surface area contributed by atoms with Gasteiger partial charge in [-0.05, 0) is 5.92 Å². The summed E-state index contributed by atoms with van der Waals surface area (Å²) in [6.45, 7) is 6.50. The van der Waals surface area contributed by atoms with Crippen LogP contribution < -0.4 is 48.0 Å². The largest absolute Gasteiger partial charge is 2.00 e. The van der Waals surface area contributed by atoms with Crippen molar-refractivity contribution in [3.63, 3.8) is 0 Å². The van der Waals surface area contributed by atoms with Crippen LogP contribution in [0.15, 0.2) is 0 Å². The van der Waals surface area contributed by atoms with Gasteiger partial charge in [0.15, 0.2) is 0 Å². The van der Waals surface area contributed by atoms with E-state index in [-0.39, 0.29) is 71.0 Å². The second kappa shape index (κ2) is 15.7. The van der Waals surface area contributed by atoms with Crippen molar-refractivity contribution in [2.45, 2.75) is 20.8 Å². The van der Waals surface area contributed by atoms with Crippen LogP contribution >= 0.6 is 0 Å². The molecule has 0 saturated carbocycles. The van der Waals surface area contributed by atoms with Crippen LogP contribution in [0.5, 0.6) is 0 Å². The fourth-order valence-corrected chi connectivity index (χ4v) is 0. The summed E-state index contributed by atoms with van der Waals surface area (Å²) >= 11 is 0. The van der Waals surface area contributed by atoms with E-state index in [1.165, 1.54) is 0 Å².